The van der Waals surface area contributed by atoms with E-state index in [1.54, 1.807) is 6.07 Å². The van der Waals surface area contributed by atoms with Crippen molar-refractivity contribution >= 4 is 5.91 Å². The number of carbonyl (C=O) groups excluding carboxylic acids is 1. The van der Waals surface area contributed by atoms with Gasteiger partial charge < -0.3 is 15.2 Å². The van der Waals surface area contributed by atoms with Gasteiger partial charge in [0.1, 0.15) is 6.61 Å². The molecule has 1 aromatic rings. The molecule has 1 fully saturated rings. The minimum absolute atomic E-state index is 0.153. The topological polar surface area (TPSA) is 58.6 Å². The minimum Gasteiger partial charge on any atom is -0.384 e. The van der Waals surface area contributed by atoms with Crippen LogP contribution < -0.4 is 5.32 Å². The van der Waals surface area contributed by atoms with Crippen molar-refractivity contribution in [2.75, 3.05) is 19.8 Å². The fourth-order valence-electron chi connectivity index (χ4n) is 2.20. The zero-order chi connectivity index (χ0) is 14.6. The van der Waals surface area contributed by atoms with E-state index in [4.69, 9.17) is 9.84 Å². The lowest BCUT2D eigenvalue weighted by Crippen LogP contribution is -2.46. The van der Waals surface area contributed by atoms with E-state index in [2.05, 4.69) is 17.2 Å². The van der Waals surface area contributed by atoms with Crippen LogP contribution in [-0.4, -0.2) is 36.4 Å². The summed E-state index contributed by atoms with van der Waals surface area (Å²) in [4.78, 5) is 12.4. The lowest BCUT2D eigenvalue weighted by atomic mass is 9.99. The molecule has 1 atom stereocenters. The smallest absolute Gasteiger partial charge is 0.253 e. The summed E-state index contributed by atoms with van der Waals surface area (Å²) >= 11 is 0. The Hall–Kier alpha value is -1.83. The molecule has 20 heavy (non-hydrogen) atoms. The Morgan fingerprint density at radius 2 is 2.35 bits per heavy atom. The maximum absolute atomic E-state index is 12.4. The average molecular weight is 273 g/mol. The third-order valence-corrected chi connectivity index (χ3v) is 3.36. The maximum atomic E-state index is 12.4. The predicted octanol–water partition coefficient (Wildman–Crippen LogP) is 1.25. The number of aryl methyl sites for hydroxylation is 1. The zero-order valence-corrected chi connectivity index (χ0v) is 11.8. The van der Waals surface area contributed by atoms with Gasteiger partial charge in [-0.25, -0.2) is 0 Å². The number of hydrogen-bond acceptors (Lipinski definition) is 3. The van der Waals surface area contributed by atoms with Crippen molar-refractivity contribution in [2.24, 2.45) is 0 Å². The highest BCUT2D eigenvalue weighted by Crippen LogP contribution is 2.19. The van der Waals surface area contributed by atoms with E-state index in [0.717, 1.165) is 12.0 Å². The minimum atomic E-state index is -0.316. The van der Waals surface area contributed by atoms with Gasteiger partial charge in [-0.2, -0.15) is 0 Å². The van der Waals surface area contributed by atoms with Crippen molar-refractivity contribution in [3.8, 4) is 11.8 Å². The van der Waals surface area contributed by atoms with Crippen LogP contribution in [0.15, 0.2) is 18.2 Å². The van der Waals surface area contributed by atoms with Gasteiger partial charge in [-0.3, -0.25) is 4.79 Å². The van der Waals surface area contributed by atoms with Gasteiger partial charge in [-0.05, 0) is 38.0 Å². The van der Waals surface area contributed by atoms with Gasteiger partial charge in [0.25, 0.3) is 5.91 Å². The van der Waals surface area contributed by atoms with Gasteiger partial charge in [0.05, 0.1) is 17.7 Å². The van der Waals surface area contributed by atoms with Crippen LogP contribution in [0.4, 0.5) is 0 Å². The average Bonchev–Trinajstić information content (AvgIpc) is 2.82. The number of amides is 1. The van der Waals surface area contributed by atoms with Gasteiger partial charge >= 0.3 is 0 Å². The van der Waals surface area contributed by atoms with Crippen molar-refractivity contribution < 1.29 is 14.6 Å². The summed E-state index contributed by atoms with van der Waals surface area (Å²) in [6, 6.07) is 5.50. The Kier molecular flexibility index (Phi) is 4.43. The first kappa shape index (κ1) is 14.6. The van der Waals surface area contributed by atoms with Gasteiger partial charge in [0.15, 0.2) is 0 Å². The Bertz CT molecular complexity index is 563. The van der Waals surface area contributed by atoms with Crippen LogP contribution in [0.2, 0.25) is 0 Å². The quantitative estimate of drug-likeness (QED) is 0.797. The van der Waals surface area contributed by atoms with Crippen LogP contribution in [0.3, 0.4) is 0 Å². The highest BCUT2D eigenvalue weighted by molar-refractivity contribution is 5.97. The molecule has 4 heteroatoms. The van der Waals surface area contributed by atoms with Crippen molar-refractivity contribution in [1.82, 2.24) is 5.32 Å². The molecule has 4 nitrogen and oxygen atoms in total. The lowest BCUT2D eigenvalue weighted by Gasteiger charge is -2.23. The highest BCUT2D eigenvalue weighted by Gasteiger charge is 2.31. The summed E-state index contributed by atoms with van der Waals surface area (Å²) in [6.45, 7) is 4.90. The molecule has 0 aliphatic carbocycles. The molecule has 1 aromatic carbocycles. The second kappa shape index (κ2) is 6.08. The van der Waals surface area contributed by atoms with E-state index >= 15 is 0 Å². The Morgan fingerprint density at radius 1 is 1.55 bits per heavy atom. The summed E-state index contributed by atoms with van der Waals surface area (Å²) in [5.41, 5.74) is 1.88. The summed E-state index contributed by atoms with van der Waals surface area (Å²) in [7, 11) is 0. The molecule has 1 amide bonds. The largest absolute Gasteiger partial charge is 0.384 e. The zero-order valence-electron chi connectivity index (χ0n) is 11.8. The number of benzene rings is 1. The van der Waals surface area contributed by atoms with Gasteiger partial charge in [-0.1, -0.05) is 17.9 Å². The van der Waals surface area contributed by atoms with Crippen LogP contribution in [-0.2, 0) is 4.74 Å². The standard InChI is InChI=1S/C16H19NO3/c1-12-5-6-14(13(10-12)4-3-8-18)15(19)17-16(2)7-9-20-11-16/h5-6,10,18H,7-9,11H2,1-2H3,(H,17,19). The Balaban J connectivity index is 2.25. The van der Waals surface area contributed by atoms with E-state index in [1.807, 2.05) is 26.0 Å². The molecule has 1 heterocycles. The summed E-state index contributed by atoms with van der Waals surface area (Å²) in [6.07, 6.45) is 0.808. The number of carbonyl (C=O) groups is 1. The fourth-order valence-corrected chi connectivity index (χ4v) is 2.20. The lowest BCUT2D eigenvalue weighted by molar-refractivity contribution is 0.0889. The molecule has 1 unspecified atom stereocenters. The summed E-state index contributed by atoms with van der Waals surface area (Å²) in [5, 5.41) is 11.8. The van der Waals surface area contributed by atoms with Crippen LogP contribution in [0, 0.1) is 18.8 Å². The molecular formula is C16H19NO3. The highest BCUT2D eigenvalue weighted by atomic mass is 16.5. The molecular weight excluding hydrogens is 254 g/mol. The van der Waals surface area contributed by atoms with Gasteiger partial charge in [0.2, 0.25) is 0 Å². The first-order chi connectivity index (χ1) is 9.54. The molecule has 0 bridgehead atoms. The molecule has 0 spiro atoms. The number of aliphatic hydroxyl groups is 1. The number of hydrogen-bond donors (Lipinski definition) is 2. The maximum Gasteiger partial charge on any atom is 0.253 e. The van der Waals surface area contributed by atoms with Crippen molar-refractivity contribution in [3.63, 3.8) is 0 Å². The fraction of sp³-hybridized carbons (Fsp3) is 0.438. The number of ether oxygens (including phenoxy) is 1. The molecule has 1 aliphatic rings. The second-order valence-corrected chi connectivity index (χ2v) is 5.33. The van der Waals surface area contributed by atoms with E-state index in [-0.39, 0.29) is 18.1 Å². The molecule has 0 aromatic heterocycles. The first-order valence-corrected chi connectivity index (χ1v) is 6.65. The molecule has 2 rings (SSSR count). The SMILES string of the molecule is Cc1ccc(C(=O)NC2(C)CCOC2)c(C#CCO)c1. The Labute approximate surface area is 119 Å². The van der Waals surface area contributed by atoms with Crippen LogP contribution >= 0.6 is 0 Å². The molecule has 1 aliphatic heterocycles. The van der Waals surface area contributed by atoms with E-state index < -0.39 is 0 Å². The molecule has 106 valence electrons. The Morgan fingerprint density at radius 3 is 3.00 bits per heavy atom. The van der Waals surface area contributed by atoms with Crippen LogP contribution in [0.1, 0.15) is 34.8 Å². The second-order valence-electron chi connectivity index (χ2n) is 5.33. The number of nitrogens with one attached hydrogen (secondary N) is 1. The van der Waals surface area contributed by atoms with Gasteiger partial charge in [0, 0.05) is 12.2 Å². The molecule has 0 saturated carbocycles. The monoisotopic (exact) mass is 273 g/mol. The van der Waals surface area contributed by atoms with Crippen molar-refractivity contribution in [2.45, 2.75) is 25.8 Å². The van der Waals surface area contributed by atoms with E-state index in [0.29, 0.717) is 24.3 Å². The van der Waals surface area contributed by atoms with E-state index in [9.17, 15) is 4.79 Å². The number of aliphatic hydroxyl groups excluding tert-OH is 1. The third kappa shape index (κ3) is 3.38. The predicted molar refractivity (Wildman–Crippen MR) is 76.5 cm³/mol. The van der Waals surface area contributed by atoms with Gasteiger partial charge in [-0.15, -0.1) is 0 Å². The van der Waals surface area contributed by atoms with E-state index in [1.165, 1.54) is 0 Å². The number of rotatable bonds is 2. The summed E-state index contributed by atoms with van der Waals surface area (Å²) < 4.78 is 5.34. The molecule has 0 radical (unpaired) electrons. The van der Waals surface area contributed by atoms with Crippen molar-refractivity contribution in [3.05, 3.63) is 34.9 Å². The molecule has 1 saturated heterocycles. The van der Waals surface area contributed by atoms with Crippen LogP contribution in [0.25, 0.3) is 0 Å². The van der Waals surface area contributed by atoms with Crippen molar-refractivity contribution in [1.29, 1.82) is 0 Å². The molecule has 2 N–H and O–H groups in total. The third-order valence-electron chi connectivity index (χ3n) is 3.36. The van der Waals surface area contributed by atoms with Crippen LogP contribution in [0.5, 0.6) is 0 Å². The first-order valence-electron chi connectivity index (χ1n) is 6.65. The normalized spacial score (nSPS) is 21.1. The summed E-state index contributed by atoms with van der Waals surface area (Å²) in [5.74, 6) is 5.27.